The highest BCUT2D eigenvalue weighted by molar-refractivity contribution is 5.84. The summed E-state index contributed by atoms with van der Waals surface area (Å²) in [5.74, 6) is 2.38. The molecule has 0 aromatic rings. The number of hydrogen-bond donors (Lipinski definition) is 0. The molecule has 2 fully saturated rings. The standard InChI is InChI=1S/C10H14O/c1-2-3-7-4-9-5-8(7)6-10(9)11/h2-3,7-9H,4-6H2,1H3. The van der Waals surface area contributed by atoms with Crippen molar-refractivity contribution in [2.45, 2.75) is 26.2 Å². The molecule has 3 atom stereocenters. The monoisotopic (exact) mass is 150 g/mol. The minimum absolute atomic E-state index is 0.432. The lowest BCUT2D eigenvalue weighted by molar-refractivity contribution is -0.122. The number of rotatable bonds is 1. The summed E-state index contributed by atoms with van der Waals surface area (Å²) < 4.78 is 0. The van der Waals surface area contributed by atoms with Gasteiger partial charge in [0.2, 0.25) is 0 Å². The van der Waals surface area contributed by atoms with E-state index in [9.17, 15) is 4.79 Å². The van der Waals surface area contributed by atoms with Crippen LogP contribution in [0.4, 0.5) is 0 Å². The van der Waals surface area contributed by atoms with E-state index >= 15 is 0 Å². The Balaban J connectivity index is 2.08. The number of Topliss-reactive ketones (excluding diaryl/α,β-unsaturated/α-hetero) is 1. The van der Waals surface area contributed by atoms with Crippen molar-refractivity contribution in [1.82, 2.24) is 0 Å². The van der Waals surface area contributed by atoms with Crippen LogP contribution < -0.4 is 0 Å². The van der Waals surface area contributed by atoms with E-state index in [1.165, 1.54) is 6.42 Å². The van der Waals surface area contributed by atoms with Crippen molar-refractivity contribution >= 4 is 5.78 Å². The predicted octanol–water partition coefficient (Wildman–Crippen LogP) is 2.18. The SMILES string of the molecule is CC=CC1CC2CC1CC2=O. The maximum Gasteiger partial charge on any atom is 0.136 e. The molecule has 0 aromatic carbocycles. The van der Waals surface area contributed by atoms with Crippen molar-refractivity contribution in [3.05, 3.63) is 12.2 Å². The van der Waals surface area contributed by atoms with E-state index in [0.29, 0.717) is 17.6 Å². The van der Waals surface area contributed by atoms with E-state index in [0.717, 1.165) is 18.8 Å². The number of ketones is 1. The first kappa shape index (κ1) is 7.08. The normalized spacial score (nSPS) is 42.6. The minimum atomic E-state index is 0.432. The average molecular weight is 150 g/mol. The molecule has 0 aliphatic heterocycles. The van der Waals surface area contributed by atoms with E-state index in [4.69, 9.17) is 0 Å². The Labute approximate surface area is 67.5 Å². The lowest BCUT2D eigenvalue weighted by Gasteiger charge is -2.16. The molecule has 3 unspecified atom stereocenters. The molecule has 2 aliphatic carbocycles. The highest BCUT2D eigenvalue weighted by Gasteiger charge is 2.43. The zero-order valence-corrected chi connectivity index (χ0v) is 6.92. The fraction of sp³-hybridized carbons (Fsp3) is 0.700. The molecular weight excluding hydrogens is 136 g/mol. The van der Waals surface area contributed by atoms with Crippen LogP contribution in [0.3, 0.4) is 0 Å². The molecule has 2 bridgehead atoms. The third-order valence-electron chi connectivity index (χ3n) is 3.11. The number of allylic oxidation sites excluding steroid dienone is 2. The Hall–Kier alpha value is -0.590. The smallest absolute Gasteiger partial charge is 0.136 e. The van der Waals surface area contributed by atoms with Crippen molar-refractivity contribution in [3.8, 4) is 0 Å². The van der Waals surface area contributed by atoms with Gasteiger partial charge in [-0.1, -0.05) is 12.2 Å². The maximum absolute atomic E-state index is 11.2. The van der Waals surface area contributed by atoms with Gasteiger partial charge in [0.25, 0.3) is 0 Å². The van der Waals surface area contributed by atoms with Gasteiger partial charge in [-0.2, -0.15) is 0 Å². The van der Waals surface area contributed by atoms with Crippen LogP contribution in [0.2, 0.25) is 0 Å². The second-order valence-corrected chi connectivity index (χ2v) is 3.79. The van der Waals surface area contributed by atoms with Crippen molar-refractivity contribution in [1.29, 1.82) is 0 Å². The second-order valence-electron chi connectivity index (χ2n) is 3.79. The van der Waals surface area contributed by atoms with Crippen LogP contribution in [0.15, 0.2) is 12.2 Å². The van der Waals surface area contributed by atoms with Crippen molar-refractivity contribution < 1.29 is 4.79 Å². The van der Waals surface area contributed by atoms with Crippen molar-refractivity contribution in [2.75, 3.05) is 0 Å². The Morgan fingerprint density at radius 1 is 1.45 bits per heavy atom. The number of carbonyl (C=O) groups is 1. The van der Waals surface area contributed by atoms with E-state index in [1.807, 2.05) is 0 Å². The molecule has 0 heterocycles. The number of hydrogen-bond acceptors (Lipinski definition) is 1. The largest absolute Gasteiger partial charge is 0.299 e. The van der Waals surface area contributed by atoms with Gasteiger partial charge in [0.1, 0.15) is 5.78 Å². The molecule has 2 rings (SSSR count). The maximum atomic E-state index is 11.2. The Bertz CT molecular complexity index is 205. The molecule has 2 saturated carbocycles. The number of carbonyl (C=O) groups excluding carboxylic acids is 1. The topological polar surface area (TPSA) is 17.1 Å². The summed E-state index contributed by atoms with van der Waals surface area (Å²) in [6.45, 7) is 2.06. The molecule has 60 valence electrons. The van der Waals surface area contributed by atoms with Crippen LogP contribution in [-0.4, -0.2) is 5.78 Å². The summed E-state index contributed by atoms with van der Waals surface area (Å²) in [6, 6.07) is 0. The molecule has 0 radical (unpaired) electrons. The van der Waals surface area contributed by atoms with Gasteiger partial charge in [-0.25, -0.2) is 0 Å². The van der Waals surface area contributed by atoms with Gasteiger partial charge < -0.3 is 0 Å². The zero-order chi connectivity index (χ0) is 7.84. The third kappa shape index (κ3) is 1.03. The van der Waals surface area contributed by atoms with E-state index < -0.39 is 0 Å². The van der Waals surface area contributed by atoms with Crippen molar-refractivity contribution in [2.24, 2.45) is 17.8 Å². The van der Waals surface area contributed by atoms with Gasteiger partial charge in [-0.15, -0.1) is 0 Å². The van der Waals surface area contributed by atoms with Gasteiger partial charge in [-0.3, -0.25) is 4.79 Å². The van der Waals surface area contributed by atoms with Gasteiger partial charge in [0.15, 0.2) is 0 Å². The van der Waals surface area contributed by atoms with E-state index in [-0.39, 0.29) is 0 Å². The summed E-state index contributed by atoms with van der Waals surface area (Å²) in [5.41, 5.74) is 0. The summed E-state index contributed by atoms with van der Waals surface area (Å²) >= 11 is 0. The highest BCUT2D eigenvalue weighted by atomic mass is 16.1. The van der Waals surface area contributed by atoms with Crippen LogP contribution in [0.1, 0.15) is 26.2 Å². The van der Waals surface area contributed by atoms with Gasteiger partial charge in [0, 0.05) is 12.3 Å². The molecule has 0 N–H and O–H groups in total. The first-order valence-electron chi connectivity index (χ1n) is 4.46. The molecule has 0 saturated heterocycles. The minimum Gasteiger partial charge on any atom is -0.299 e. The van der Waals surface area contributed by atoms with E-state index in [1.54, 1.807) is 0 Å². The predicted molar refractivity (Wildman–Crippen MR) is 44.1 cm³/mol. The molecule has 2 aliphatic rings. The zero-order valence-electron chi connectivity index (χ0n) is 6.92. The summed E-state index contributed by atoms with van der Waals surface area (Å²) in [5, 5.41) is 0. The summed E-state index contributed by atoms with van der Waals surface area (Å²) in [4.78, 5) is 11.2. The van der Waals surface area contributed by atoms with Crippen molar-refractivity contribution in [3.63, 3.8) is 0 Å². The molecule has 1 nitrogen and oxygen atoms in total. The molecule has 0 amide bonds. The van der Waals surface area contributed by atoms with E-state index in [2.05, 4.69) is 19.1 Å². The molecule has 0 aromatic heterocycles. The quantitative estimate of drug-likeness (QED) is 0.523. The van der Waals surface area contributed by atoms with Crippen LogP contribution in [-0.2, 0) is 4.79 Å². The molecule has 1 heteroatoms. The Kier molecular flexibility index (Phi) is 1.59. The first-order chi connectivity index (χ1) is 5.31. The summed E-state index contributed by atoms with van der Waals surface area (Å²) in [6.07, 6.45) is 7.56. The number of fused-ring (bicyclic) bond motifs is 2. The van der Waals surface area contributed by atoms with Crippen LogP contribution in [0, 0.1) is 17.8 Å². The molecular formula is C10H14O. The van der Waals surface area contributed by atoms with Gasteiger partial charge >= 0.3 is 0 Å². The second kappa shape index (κ2) is 2.47. The van der Waals surface area contributed by atoms with Crippen LogP contribution in [0.5, 0.6) is 0 Å². The van der Waals surface area contributed by atoms with Gasteiger partial charge in [-0.05, 0) is 31.6 Å². The first-order valence-corrected chi connectivity index (χ1v) is 4.46. The molecule has 0 spiro atoms. The Morgan fingerprint density at radius 2 is 2.27 bits per heavy atom. The summed E-state index contributed by atoms with van der Waals surface area (Å²) in [7, 11) is 0. The van der Waals surface area contributed by atoms with Crippen LogP contribution >= 0.6 is 0 Å². The fourth-order valence-electron chi connectivity index (χ4n) is 2.56. The lowest BCUT2D eigenvalue weighted by atomic mass is 9.88. The fourth-order valence-corrected chi connectivity index (χ4v) is 2.56. The van der Waals surface area contributed by atoms with Gasteiger partial charge in [0.05, 0.1) is 0 Å². The lowest BCUT2D eigenvalue weighted by Crippen LogP contribution is -2.15. The van der Waals surface area contributed by atoms with Crippen LogP contribution in [0.25, 0.3) is 0 Å². The average Bonchev–Trinajstić information content (AvgIpc) is 2.47. The highest BCUT2D eigenvalue weighted by Crippen LogP contribution is 2.46. The third-order valence-corrected chi connectivity index (χ3v) is 3.11. The molecule has 11 heavy (non-hydrogen) atoms. The Morgan fingerprint density at radius 3 is 2.73 bits per heavy atom.